The summed E-state index contributed by atoms with van der Waals surface area (Å²) < 4.78 is 5.82. The number of carbonyl (C=O) groups excluding carboxylic acids is 1. The summed E-state index contributed by atoms with van der Waals surface area (Å²) >= 11 is 5.69. The zero-order valence-electron chi connectivity index (χ0n) is 19.4. The SMILES string of the molecule is [C-]#[N+]c1ccc(N2C(=O)C(C)(C)N(CCCOc3ccc(-c4ccncc4)cn3)C2=S)cc1C. The van der Waals surface area contributed by atoms with Gasteiger partial charge in [-0.3, -0.25) is 14.7 Å². The molecule has 0 saturated carbocycles. The van der Waals surface area contributed by atoms with E-state index in [0.717, 1.165) is 16.7 Å². The number of anilines is 1. The van der Waals surface area contributed by atoms with Gasteiger partial charge in [-0.1, -0.05) is 6.07 Å². The van der Waals surface area contributed by atoms with Crippen molar-refractivity contribution in [3.8, 4) is 17.0 Å². The van der Waals surface area contributed by atoms with E-state index in [1.54, 1.807) is 35.6 Å². The first kappa shape index (κ1) is 23.3. The number of aromatic nitrogens is 2. The van der Waals surface area contributed by atoms with Gasteiger partial charge in [0.25, 0.3) is 5.91 Å². The average molecular weight is 472 g/mol. The zero-order chi connectivity index (χ0) is 24.3. The first-order valence-electron chi connectivity index (χ1n) is 11.0. The number of carbonyl (C=O) groups is 1. The molecule has 0 N–H and O–H groups in total. The molecule has 8 heteroatoms. The molecule has 1 aliphatic heterocycles. The lowest BCUT2D eigenvalue weighted by atomic mass is 10.0. The van der Waals surface area contributed by atoms with Gasteiger partial charge < -0.3 is 9.64 Å². The lowest BCUT2D eigenvalue weighted by Crippen LogP contribution is -2.44. The van der Waals surface area contributed by atoms with E-state index in [0.29, 0.717) is 41.9 Å². The molecule has 1 saturated heterocycles. The smallest absolute Gasteiger partial charge is 0.258 e. The number of thiocarbonyl (C=S) groups is 1. The highest BCUT2D eigenvalue weighted by molar-refractivity contribution is 7.80. The van der Waals surface area contributed by atoms with Crippen LogP contribution >= 0.6 is 12.2 Å². The van der Waals surface area contributed by atoms with Crippen LogP contribution in [0.1, 0.15) is 25.8 Å². The Labute approximate surface area is 204 Å². The van der Waals surface area contributed by atoms with Gasteiger partial charge in [0.1, 0.15) is 5.54 Å². The molecule has 0 atom stereocenters. The van der Waals surface area contributed by atoms with E-state index in [1.165, 1.54) is 0 Å². The largest absolute Gasteiger partial charge is 0.478 e. The predicted molar refractivity (Wildman–Crippen MR) is 136 cm³/mol. The van der Waals surface area contributed by atoms with Crippen LogP contribution < -0.4 is 9.64 Å². The second kappa shape index (κ2) is 9.57. The third-order valence-corrected chi connectivity index (χ3v) is 6.31. The number of hydrogen-bond acceptors (Lipinski definition) is 5. The Bertz CT molecular complexity index is 1250. The van der Waals surface area contributed by atoms with Crippen LogP contribution in [0.3, 0.4) is 0 Å². The first-order valence-corrected chi connectivity index (χ1v) is 11.4. The van der Waals surface area contributed by atoms with Gasteiger partial charge in [0.05, 0.1) is 13.2 Å². The number of rotatable bonds is 7. The Hall–Kier alpha value is -3.83. The van der Waals surface area contributed by atoms with E-state index in [1.807, 2.05) is 56.0 Å². The fraction of sp³-hybridized carbons (Fsp3) is 0.269. The van der Waals surface area contributed by atoms with Crippen LogP contribution in [0.5, 0.6) is 5.88 Å². The number of pyridine rings is 2. The molecule has 0 unspecified atom stereocenters. The molecule has 0 spiro atoms. The summed E-state index contributed by atoms with van der Waals surface area (Å²) in [6.07, 6.45) is 5.95. The van der Waals surface area contributed by atoms with Gasteiger partial charge in [-0.2, -0.15) is 0 Å². The highest BCUT2D eigenvalue weighted by Crippen LogP contribution is 2.34. The third kappa shape index (κ3) is 4.47. The topological polar surface area (TPSA) is 62.9 Å². The number of nitrogens with zero attached hydrogens (tertiary/aromatic N) is 5. The fourth-order valence-corrected chi connectivity index (χ4v) is 4.43. The molecule has 1 aliphatic rings. The van der Waals surface area contributed by atoms with Crippen LogP contribution in [0.2, 0.25) is 0 Å². The van der Waals surface area contributed by atoms with E-state index in [2.05, 4.69) is 14.8 Å². The Balaban J connectivity index is 1.37. The minimum absolute atomic E-state index is 0.0817. The average Bonchev–Trinajstić information content (AvgIpc) is 3.01. The molecule has 0 radical (unpaired) electrons. The molecule has 2 aromatic heterocycles. The van der Waals surface area contributed by atoms with Gasteiger partial charge in [0.15, 0.2) is 10.8 Å². The maximum Gasteiger partial charge on any atom is 0.258 e. The Morgan fingerprint density at radius 1 is 1.12 bits per heavy atom. The Kier molecular flexibility index (Phi) is 6.57. The standard InChI is InChI=1S/C26H25N5O2S/c1-18-16-21(7-8-22(18)27-4)31-24(32)26(2,3)30(25(31)34)14-5-15-33-23-9-6-20(17-29-23)19-10-12-28-13-11-19/h6-13,16-17H,5,14-15H2,1-3H3. The van der Waals surface area contributed by atoms with E-state index < -0.39 is 5.54 Å². The second-order valence-electron chi connectivity index (χ2n) is 8.54. The molecule has 0 bridgehead atoms. The van der Waals surface area contributed by atoms with Crippen LogP contribution in [-0.2, 0) is 4.79 Å². The summed E-state index contributed by atoms with van der Waals surface area (Å²) in [5.74, 6) is 0.468. The van der Waals surface area contributed by atoms with Crippen molar-refractivity contribution in [2.45, 2.75) is 32.7 Å². The molecule has 3 heterocycles. The highest BCUT2D eigenvalue weighted by Gasteiger charge is 2.49. The minimum atomic E-state index is -0.770. The summed E-state index contributed by atoms with van der Waals surface area (Å²) in [5.41, 5.74) is 3.34. The molecule has 172 valence electrons. The van der Waals surface area contributed by atoms with Gasteiger partial charge in [0, 0.05) is 42.5 Å². The number of hydrogen-bond donors (Lipinski definition) is 0. The molecule has 7 nitrogen and oxygen atoms in total. The first-order chi connectivity index (χ1) is 16.3. The van der Waals surface area contributed by atoms with Crippen molar-refractivity contribution < 1.29 is 9.53 Å². The fourth-order valence-electron chi connectivity index (χ4n) is 3.92. The van der Waals surface area contributed by atoms with E-state index >= 15 is 0 Å². The Morgan fingerprint density at radius 2 is 1.88 bits per heavy atom. The maximum atomic E-state index is 13.2. The van der Waals surface area contributed by atoms with Crippen LogP contribution in [0.4, 0.5) is 11.4 Å². The minimum Gasteiger partial charge on any atom is -0.478 e. The number of ether oxygens (including phenoxy) is 1. The van der Waals surface area contributed by atoms with E-state index in [9.17, 15) is 4.79 Å². The number of amides is 1. The summed E-state index contributed by atoms with van der Waals surface area (Å²) in [4.78, 5) is 28.6. The Morgan fingerprint density at radius 3 is 2.53 bits per heavy atom. The number of benzene rings is 1. The van der Waals surface area contributed by atoms with Crippen molar-refractivity contribution in [1.29, 1.82) is 0 Å². The van der Waals surface area contributed by atoms with Crippen LogP contribution in [0, 0.1) is 13.5 Å². The highest BCUT2D eigenvalue weighted by atomic mass is 32.1. The summed E-state index contributed by atoms with van der Waals surface area (Å²) in [6.45, 7) is 13.9. The van der Waals surface area contributed by atoms with E-state index in [-0.39, 0.29) is 5.91 Å². The van der Waals surface area contributed by atoms with Crippen molar-refractivity contribution >= 4 is 34.6 Å². The van der Waals surface area contributed by atoms with Crippen LogP contribution in [0.25, 0.3) is 16.0 Å². The van der Waals surface area contributed by atoms with Gasteiger partial charge in [-0.15, -0.1) is 0 Å². The van der Waals surface area contributed by atoms with E-state index in [4.69, 9.17) is 23.5 Å². The van der Waals surface area contributed by atoms with Gasteiger partial charge in [0.2, 0.25) is 5.88 Å². The zero-order valence-corrected chi connectivity index (χ0v) is 20.2. The molecule has 1 aromatic carbocycles. The normalized spacial score (nSPS) is 14.9. The lowest BCUT2D eigenvalue weighted by Gasteiger charge is -2.29. The summed E-state index contributed by atoms with van der Waals surface area (Å²) in [7, 11) is 0. The number of aryl methyl sites for hydroxylation is 1. The van der Waals surface area contributed by atoms with Crippen molar-refractivity contribution in [2.75, 3.05) is 18.1 Å². The van der Waals surface area contributed by atoms with Crippen molar-refractivity contribution in [2.24, 2.45) is 0 Å². The van der Waals surface area contributed by atoms with Crippen LogP contribution in [-0.4, -0.2) is 44.6 Å². The molecule has 4 rings (SSSR count). The summed E-state index contributed by atoms with van der Waals surface area (Å²) in [6, 6.07) is 13.0. The van der Waals surface area contributed by atoms with Gasteiger partial charge in [-0.05, 0) is 80.9 Å². The van der Waals surface area contributed by atoms with Crippen molar-refractivity contribution in [3.63, 3.8) is 0 Å². The van der Waals surface area contributed by atoms with Gasteiger partial charge >= 0.3 is 0 Å². The molecular weight excluding hydrogens is 446 g/mol. The lowest BCUT2D eigenvalue weighted by molar-refractivity contribution is -0.123. The second-order valence-corrected chi connectivity index (χ2v) is 8.90. The molecule has 1 amide bonds. The quantitative estimate of drug-likeness (QED) is 0.269. The van der Waals surface area contributed by atoms with Crippen molar-refractivity contribution in [3.05, 3.63) is 78.0 Å². The predicted octanol–water partition coefficient (Wildman–Crippen LogP) is 5.18. The summed E-state index contributed by atoms with van der Waals surface area (Å²) in [5, 5.41) is 0.463. The monoisotopic (exact) mass is 471 g/mol. The molecule has 34 heavy (non-hydrogen) atoms. The van der Waals surface area contributed by atoms with Crippen molar-refractivity contribution in [1.82, 2.24) is 14.9 Å². The molecule has 0 aliphatic carbocycles. The molecular formula is C26H25N5O2S. The van der Waals surface area contributed by atoms with Gasteiger partial charge in [-0.25, -0.2) is 9.83 Å². The van der Waals surface area contributed by atoms with Crippen LogP contribution in [0.15, 0.2) is 61.1 Å². The molecule has 1 fully saturated rings. The molecule has 3 aromatic rings. The maximum absolute atomic E-state index is 13.2. The third-order valence-electron chi connectivity index (χ3n) is 5.91.